The summed E-state index contributed by atoms with van der Waals surface area (Å²) in [5, 5.41) is 20.3. The van der Waals surface area contributed by atoms with Crippen LogP contribution in [0.5, 0.6) is 11.5 Å². The second kappa shape index (κ2) is 5.59. The molecule has 2 aromatic rings. The Balaban J connectivity index is 2.45. The summed E-state index contributed by atoms with van der Waals surface area (Å²) in [5.41, 5.74) is 0.968. The molecule has 0 radical (unpaired) electrons. The molecule has 0 N–H and O–H groups in total. The van der Waals surface area contributed by atoms with Gasteiger partial charge in [0.15, 0.2) is 0 Å². The summed E-state index contributed by atoms with van der Waals surface area (Å²) in [6, 6.07) is 11.1. The first-order valence-corrected chi connectivity index (χ1v) is 6.01. The van der Waals surface area contributed by atoms with Gasteiger partial charge in [0.1, 0.15) is 11.8 Å². The van der Waals surface area contributed by atoms with Gasteiger partial charge in [0.25, 0.3) is 0 Å². The van der Waals surface area contributed by atoms with Gasteiger partial charge in [-0.25, -0.2) is 0 Å². The van der Waals surface area contributed by atoms with Crippen LogP contribution in [0.25, 0.3) is 0 Å². The van der Waals surface area contributed by atoms with Gasteiger partial charge in [-0.1, -0.05) is 17.7 Å². The molecule has 6 heteroatoms. The maximum atomic E-state index is 11.0. The van der Waals surface area contributed by atoms with E-state index in [-0.39, 0.29) is 22.2 Å². The van der Waals surface area contributed by atoms with Gasteiger partial charge in [-0.05, 0) is 36.8 Å². The maximum absolute atomic E-state index is 11.0. The van der Waals surface area contributed by atoms with Gasteiger partial charge < -0.3 is 4.74 Å². The average molecular weight is 289 g/mol. The van der Waals surface area contributed by atoms with Crippen molar-refractivity contribution in [3.8, 4) is 17.6 Å². The van der Waals surface area contributed by atoms with Crippen molar-refractivity contribution in [2.75, 3.05) is 0 Å². The molecule has 0 spiro atoms. The summed E-state index contributed by atoms with van der Waals surface area (Å²) in [5.74, 6) is 0.309. The molecule has 100 valence electrons. The summed E-state index contributed by atoms with van der Waals surface area (Å²) < 4.78 is 5.48. The SMILES string of the molecule is Cc1ccc(Oc2ccc(Cl)cc2[N+](=O)[O-])c(C#N)c1. The number of nitrogens with zero attached hydrogens (tertiary/aromatic N) is 2. The summed E-state index contributed by atoms with van der Waals surface area (Å²) in [7, 11) is 0. The predicted octanol–water partition coefficient (Wildman–Crippen LogP) is 4.22. The minimum Gasteiger partial charge on any atom is -0.449 e. The Kier molecular flexibility index (Phi) is 3.87. The lowest BCUT2D eigenvalue weighted by Crippen LogP contribution is -1.95. The monoisotopic (exact) mass is 288 g/mol. The van der Waals surface area contributed by atoms with Crippen LogP contribution in [0.1, 0.15) is 11.1 Å². The van der Waals surface area contributed by atoms with E-state index in [1.807, 2.05) is 13.0 Å². The number of hydrogen-bond acceptors (Lipinski definition) is 4. The van der Waals surface area contributed by atoms with Gasteiger partial charge in [0.05, 0.1) is 10.5 Å². The van der Waals surface area contributed by atoms with E-state index in [0.29, 0.717) is 5.56 Å². The zero-order valence-electron chi connectivity index (χ0n) is 10.5. The number of ether oxygens (including phenoxy) is 1. The van der Waals surface area contributed by atoms with Crippen molar-refractivity contribution in [1.29, 1.82) is 5.26 Å². The third-order valence-electron chi connectivity index (χ3n) is 2.59. The third-order valence-corrected chi connectivity index (χ3v) is 2.83. The van der Waals surface area contributed by atoms with E-state index in [4.69, 9.17) is 21.6 Å². The molecule has 5 nitrogen and oxygen atoms in total. The van der Waals surface area contributed by atoms with Crippen LogP contribution >= 0.6 is 11.6 Å². The normalized spacial score (nSPS) is 9.85. The fourth-order valence-corrected chi connectivity index (χ4v) is 1.82. The van der Waals surface area contributed by atoms with Crippen molar-refractivity contribution in [3.63, 3.8) is 0 Å². The lowest BCUT2D eigenvalue weighted by atomic mass is 10.1. The number of halogens is 1. The molecule has 0 aliphatic carbocycles. The van der Waals surface area contributed by atoms with Crippen LogP contribution in [-0.2, 0) is 0 Å². The van der Waals surface area contributed by atoms with Crippen LogP contribution in [0.2, 0.25) is 5.02 Å². The van der Waals surface area contributed by atoms with Crippen LogP contribution < -0.4 is 4.74 Å². The zero-order chi connectivity index (χ0) is 14.7. The van der Waals surface area contributed by atoms with Crippen molar-refractivity contribution in [2.24, 2.45) is 0 Å². The molecule has 2 aromatic carbocycles. The van der Waals surface area contributed by atoms with Crippen molar-refractivity contribution in [2.45, 2.75) is 6.92 Å². The van der Waals surface area contributed by atoms with E-state index in [1.54, 1.807) is 18.2 Å². The quantitative estimate of drug-likeness (QED) is 0.626. The third kappa shape index (κ3) is 2.87. The number of aryl methyl sites for hydroxylation is 1. The number of nitro benzene ring substituents is 1. The molecule has 0 fully saturated rings. The first-order valence-electron chi connectivity index (χ1n) is 5.64. The van der Waals surface area contributed by atoms with Crippen molar-refractivity contribution in [3.05, 3.63) is 62.7 Å². The van der Waals surface area contributed by atoms with Gasteiger partial charge in [-0.3, -0.25) is 10.1 Å². The predicted molar refractivity (Wildman–Crippen MR) is 74.1 cm³/mol. The minimum atomic E-state index is -0.582. The fourth-order valence-electron chi connectivity index (χ4n) is 1.66. The summed E-state index contributed by atoms with van der Waals surface area (Å²) in [6.07, 6.45) is 0. The van der Waals surface area contributed by atoms with Gasteiger partial charge >= 0.3 is 5.69 Å². The second-order valence-corrected chi connectivity index (χ2v) is 4.52. The molecular formula is C14H9ClN2O3. The van der Waals surface area contributed by atoms with Crippen LogP contribution in [0.3, 0.4) is 0 Å². The molecule has 20 heavy (non-hydrogen) atoms. The fraction of sp³-hybridized carbons (Fsp3) is 0.0714. The van der Waals surface area contributed by atoms with Gasteiger partial charge in [-0.2, -0.15) is 5.26 Å². The molecule has 0 atom stereocenters. The highest BCUT2D eigenvalue weighted by Crippen LogP contribution is 2.34. The number of hydrogen-bond donors (Lipinski definition) is 0. The lowest BCUT2D eigenvalue weighted by molar-refractivity contribution is -0.385. The van der Waals surface area contributed by atoms with Crippen LogP contribution in [0.15, 0.2) is 36.4 Å². The lowest BCUT2D eigenvalue weighted by Gasteiger charge is -2.08. The molecular weight excluding hydrogens is 280 g/mol. The number of rotatable bonds is 3. The molecule has 0 saturated heterocycles. The standard InChI is InChI=1S/C14H9ClN2O3/c1-9-2-4-13(10(6-9)8-16)20-14-5-3-11(15)7-12(14)17(18)19/h2-7H,1H3. The van der Waals surface area contributed by atoms with Crippen molar-refractivity contribution >= 4 is 17.3 Å². The Hall–Kier alpha value is -2.58. The van der Waals surface area contributed by atoms with Gasteiger partial charge in [0, 0.05) is 11.1 Å². The Bertz CT molecular complexity index is 723. The number of nitro groups is 1. The first-order chi connectivity index (χ1) is 9.51. The van der Waals surface area contributed by atoms with Gasteiger partial charge in [-0.15, -0.1) is 0 Å². The molecule has 0 aliphatic heterocycles. The first kappa shape index (κ1) is 13.8. The molecule has 0 saturated carbocycles. The Labute approximate surface area is 120 Å². The minimum absolute atomic E-state index is 0.0414. The Morgan fingerprint density at radius 2 is 1.95 bits per heavy atom. The molecule has 0 bridgehead atoms. The average Bonchev–Trinajstić information content (AvgIpc) is 2.42. The van der Waals surface area contributed by atoms with E-state index >= 15 is 0 Å². The highest BCUT2D eigenvalue weighted by molar-refractivity contribution is 6.30. The largest absolute Gasteiger partial charge is 0.449 e. The molecule has 0 aliphatic rings. The number of nitriles is 1. The summed E-state index contributed by atoms with van der Waals surface area (Å²) in [4.78, 5) is 10.4. The van der Waals surface area contributed by atoms with E-state index < -0.39 is 4.92 Å². The van der Waals surface area contributed by atoms with Crippen molar-refractivity contribution in [1.82, 2.24) is 0 Å². The van der Waals surface area contributed by atoms with Crippen LogP contribution in [0, 0.1) is 28.4 Å². The Morgan fingerprint density at radius 3 is 2.60 bits per heavy atom. The molecule has 2 rings (SSSR count). The summed E-state index contributed by atoms with van der Waals surface area (Å²) >= 11 is 5.73. The molecule has 0 heterocycles. The topological polar surface area (TPSA) is 76.2 Å². The highest BCUT2D eigenvalue weighted by Gasteiger charge is 2.17. The van der Waals surface area contributed by atoms with E-state index in [9.17, 15) is 10.1 Å². The van der Waals surface area contributed by atoms with Crippen molar-refractivity contribution < 1.29 is 9.66 Å². The highest BCUT2D eigenvalue weighted by atomic mass is 35.5. The summed E-state index contributed by atoms with van der Waals surface area (Å²) in [6.45, 7) is 1.84. The van der Waals surface area contributed by atoms with Crippen LogP contribution in [0.4, 0.5) is 5.69 Å². The second-order valence-electron chi connectivity index (χ2n) is 4.08. The molecule has 0 aromatic heterocycles. The van der Waals surface area contributed by atoms with E-state index in [1.165, 1.54) is 18.2 Å². The maximum Gasteiger partial charge on any atom is 0.313 e. The van der Waals surface area contributed by atoms with E-state index in [0.717, 1.165) is 5.56 Å². The zero-order valence-corrected chi connectivity index (χ0v) is 11.2. The molecule has 0 amide bonds. The van der Waals surface area contributed by atoms with E-state index in [2.05, 4.69) is 0 Å². The number of benzene rings is 2. The van der Waals surface area contributed by atoms with Crippen LogP contribution in [-0.4, -0.2) is 4.92 Å². The molecule has 0 unspecified atom stereocenters. The smallest absolute Gasteiger partial charge is 0.313 e. The Morgan fingerprint density at radius 1 is 1.25 bits per heavy atom. The van der Waals surface area contributed by atoms with Gasteiger partial charge in [0.2, 0.25) is 5.75 Å².